The maximum atomic E-state index is 15.0. The lowest BCUT2D eigenvalue weighted by atomic mass is 9.92. The number of alkyl halides is 15. The van der Waals surface area contributed by atoms with Gasteiger partial charge in [-0.15, -0.1) is 0 Å². The predicted molar refractivity (Wildman–Crippen MR) is 246 cm³/mol. The molecule has 0 aliphatic heterocycles. The van der Waals surface area contributed by atoms with Crippen LogP contribution in [-0.2, 0) is 30.9 Å². The van der Waals surface area contributed by atoms with E-state index in [1.54, 1.807) is 63.7 Å². The third-order valence-electron chi connectivity index (χ3n) is 12.6. The summed E-state index contributed by atoms with van der Waals surface area (Å²) in [7, 11) is 0. The average Bonchev–Trinajstić information content (AvgIpc) is 3.86. The van der Waals surface area contributed by atoms with Gasteiger partial charge in [-0.1, -0.05) is 54.6 Å². The van der Waals surface area contributed by atoms with Gasteiger partial charge in [0.1, 0.15) is 0 Å². The highest BCUT2D eigenvalue weighted by Gasteiger charge is 2.39. The molecule has 0 unspecified atom stereocenters. The first-order valence-electron chi connectivity index (χ1n) is 21.6. The molecule has 8 aromatic carbocycles. The Morgan fingerprint density at radius 2 is 0.730 bits per heavy atom. The van der Waals surface area contributed by atoms with Gasteiger partial charge in [0.15, 0.2) is 0 Å². The number of benzene rings is 8. The van der Waals surface area contributed by atoms with Gasteiger partial charge in [0.05, 0.1) is 84.5 Å². The van der Waals surface area contributed by atoms with E-state index in [1.807, 2.05) is 6.07 Å². The summed E-state index contributed by atoms with van der Waals surface area (Å²) in [5, 5.41) is 21.6. The van der Waals surface area contributed by atoms with E-state index in [2.05, 4.69) is 0 Å². The molecule has 10 rings (SSSR count). The number of nitriles is 2. The van der Waals surface area contributed by atoms with Crippen LogP contribution in [0.25, 0.3) is 88.4 Å². The van der Waals surface area contributed by atoms with Crippen LogP contribution in [0, 0.1) is 22.7 Å². The molecule has 0 fully saturated rings. The smallest absolute Gasteiger partial charge is 0.307 e. The van der Waals surface area contributed by atoms with Gasteiger partial charge in [-0.25, -0.2) is 0 Å². The maximum absolute atomic E-state index is 15.0. The van der Waals surface area contributed by atoms with Gasteiger partial charge < -0.3 is 9.13 Å². The van der Waals surface area contributed by atoms with Crippen LogP contribution in [0.1, 0.15) is 38.9 Å². The minimum absolute atomic E-state index is 0.00803. The quantitative estimate of drug-likeness (QED) is 0.161. The number of halogens is 15. The first-order chi connectivity index (χ1) is 34.7. The third kappa shape index (κ3) is 8.47. The number of fused-ring (bicyclic) bond motifs is 6. The number of rotatable bonds is 5. The van der Waals surface area contributed by atoms with Crippen molar-refractivity contribution in [3.8, 4) is 56.9 Å². The first-order valence-corrected chi connectivity index (χ1v) is 21.6. The summed E-state index contributed by atoms with van der Waals surface area (Å²) >= 11 is 0. The molecule has 370 valence electrons. The van der Waals surface area contributed by atoms with Crippen LogP contribution in [-0.4, -0.2) is 9.13 Å². The SMILES string of the molecule is N#Cc1ccc(-c2cc(-n3c4ccccc4c4cc(-c5cc(C(F)(F)F)cc(C(F)(F)F)c5)ccc43)c(-n3c4ccccc4c4cc(-c5cc(C(F)(F)F)cc(C(F)(F)F)c5)ccc43)cc2C#N)c(C(F)(F)F)c1. The molecule has 0 spiro atoms. The monoisotopic (exact) mass is 1030 g/mol. The molecule has 0 amide bonds. The standard InChI is InChI=1S/C55H25F15N4/c56-51(57,58)34-16-31(17-35(23-34)52(59,60)61)29-10-13-47-42(20-29)39-5-1-3-7-45(39)73(47)49-22-33(27-72)41(38-12-9-28(26-71)15-44(38)55(68,69)70)25-50(49)74-46-8-4-2-6-40(46)43-21-30(11-14-48(43)74)32-18-36(53(62,63)64)24-37(19-32)54(65,66)67/h1-25H. The molecule has 2 heterocycles. The summed E-state index contributed by atoms with van der Waals surface area (Å²) in [5.41, 5.74) is -8.86. The lowest BCUT2D eigenvalue weighted by Gasteiger charge is -2.21. The molecule has 0 saturated heterocycles. The van der Waals surface area contributed by atoms with Gasteiger partial charge in [0.2, 0.25) is 0 Å². The third-order valence-corrected chi connectivity index (χ3v) is 12.6. The maximum Gasteiger partial charge on any atom is 0.417 e. The van der Waals surface area contributed by atoms with Crippen LogP contribution in [0.3, 0.4) is 0 Å². The van der Waals surface area contributed by atoms with Crippen molar-refractivity contribution in [2.24, 2.45) is 0 Å². The highest BCUT2D eigenvalue weighted by atomic mass is 19.4. The van der Waals surface area contributed by atoms with Crippen LogP contribution in [0.2, 0.25) is 0 Å². The Morgan fingerprint density at radius 1 is 0.324 bits per heavy atom. The first kappa shape index (κ1) is 48.9. The molecular formula is C55H25F15N4. The van der Waals surface area contributed by atoms with Gasteiger partial charge in [-0.2, -0.15) is 76.4 Å². The van der Waals surface area contributed by atoms with Crippen molar-refractivity contribution in [3.63, 3.8) is 0 Å². The predicted octanol–water partition coefficient (Wildman–Crippen LogP) is 17.7. The molecule has 0 bridgehead atoms. The van der Waals surface area contributed by atoms with E-state index in [-0.39, 0.29) is 73.1 Å². The average molecular weight is 1030 g/mol. The summed E-state index contributed by atoms with van der Waals surface area (Å²) in [6.45, 7) is 0. The highest BCUT2D eigenvalue weighted by Crippen LogP contribution is 2.47. The summed E-state index contributed by atoms with van der Waals surface area (Å²) in [5.74, 6) is 0. The van der Waals surface area contributed by atoms with E-state index in [1.165, 1.54) is 48.5 Å². The van der Waals surface area contributed by atoms with Crippen molar-refractivity contribution in [1.29, 1.82) is 10.5 Å². The van der Waals surface area contributed by atoms with E-state index in [9.17, 15) is 76.4 Å². The van der Waals surface area contributed by atoms with Crippen molar-refractivity contribution in [2.75, 3.05) is 0 Å². The summed E-state index contributed by atoms with van der Waals surface area (Å²) in [6, 6.07) is 32.0. The van der Waals surface area contributed by atoms with Gasteiger partial charge in [0.25, 0.3) is 0 Å². The zero-order chi connectivity index (χ0) is 53.0. The van der Waals surface area contributed by atoms with E-state index in [0.29, 0.717) is 52.1 Å². The normalized spacial score (nSPS) is 12.8. The second-order valence-corrected chi connectivity index (χ2v) is 17.1. The molecule has 0 aliphatic carbocycles. The summed E-state index contributed by atoms with van der Waals surface area (Å²) < 4.78 is 217. The van der Waals surface area contributed by atoms with E-state index < -0.39 is 75.4 Å². The van der Waals surface area contributed by atoms with Gasteiger partial charge >= 0.3 is 30.9 Å². The van der Waals surface area contributed by atoms with Crippen molar-refractivity contribution in [3.05, 3.63) is 191 Å². The second kappa shape index (κ2) is 16.9. The zero-order valence-corrected chi connectivity index (χ0v) is 36.9. The lowest BCUT2D eigenvalue weighted by molar-refractivity contribution is -0.144. The van der Waals surface area contributed by atoms with E-state index >= 15 is 0 Å². The molecule has 0 N–H and O–H groups in total. The summed E-state index contributed by atoms with van der Waals surface area (Å²) in [4.78, 5) is 0. The van der Waals surface area contributed by atoms with Crippen molar-refractivity contribution in [1.82, 2.24) is 9.13 Å². The van der Waals surface area contributed by atoms with Gasteiger partial charge in [0, 0.05) is 27.1 Å². The number of hydrogen-bond acceptors (Lipinski definition) is 2. The number of nitrogens with zero attached hydrogens (tertiary/aromatic N) is 4. The van der Waals surface area contributed by atoms with Crippen LogP contribution >= 0.6 is 0 Å². The Morgan fingerprint density at radius 3 is 1.12 bits per heavy atom. The second-order valence-electron chi connectivity index (χ2n) is 17.1. The number of aromatic nitrogens is 2. The van der Waals surface area contributed by atoms with Gasteiger partial charge in [-0.05, 0) is 125 Å². The zero-order valence-electron chi connectivity index (χ0n) is 36.9. The molecule has 19 heteroatoms. The lowest BCUT2D eigenvalue weighted by Crippen LogP contribution is -2.11. The largest absolute Gasteiger partial charge is 0.417 e. The molecule has 0 atom stereocenters. The molecular weight excluding hydrogens is 1000 g/mol. The number of para-hydroxylation sites is 2. The molecule has 0 aliphatic rings. The van der Waals surface area contributed by atoms with Crippen LogP contribution in [0.4, 0.5) is 65.9 Å². The minimum atomic E-state index is -5.18. The fourth-order valence-corrected chi connectivity index (χ4v) is 9.40. The summed E-state index contributed by atoms with van der Waals surface area (Å²) in [6.07, 6.45) is -25.8. The molecule has 10 aromatic rings. The Labute approximate surface area is 406 Å². The molecule has 2 aromatic heterocycles. The van der Waals surface area contributed by atoms with Crippen LogP contribution < -0.4 is 0 Å². The fraction of sp³-hybridized carbons (Fsp3) is 0.0909. The van der Waals surface area contributed by atoms with Crippen molar-refractivity contribution >= 4 is 43.6 Å². The van der Waals surface area contributed by atoms with Crippen molar-refractivity contribution in [2.45, 2.75) is 30.9 Å². The topological polar surface area (TPSA) is 57.4 Å². The molecule has 0 radical (unpaired) electrons. The Hall–Kier alpha value is -8.71. The Bertz CT molecular complexity index is 3970. The van der Waals surface area contributed by atoms with Crippen LogP contribution in [0.15, 0.2) is 152 Å². The van der Waals surface area contributed by atoms with E-state index in [4.69, 9.17) is 0 Å². The Kier molecular flexibility index (Phi) is 11.2. The van der Waals surface area contributed by atoms with Crippen LogP contribution in [0.5, 0.6) is 0 Å². The fourth-order valence-electron chi connectivity index (χ4n) is 9.40. The van der Waals surface area contributed by atoms with Gasteiger partial charge in [-0.3, -0.25) is 0 Å². The minimum Gasteiger partial charge on any atom is -0.307 e. The molecule has 74 heavy (non-hydrogen) atoms. The number of hydrogen-bond donors (Lipinski definition) is 0. The Balaban J connectivity index is 1.30. The molecule has 4 nitrogen and oxygen atoms in total. The molecule has 0 saturated carbocycles. The van der Waals surface area contributed by atoms with Crippen molar-refractivity contribution < 1.29 is 65.9 Å². The van der Waals surface area contributed by atoms with E-state index in [0.717, 1.165) is 12.1 Å². The highest BCUT2D eigenvalue weighted by molar-refractivity contribution is 6.13.